The van der Waals surface area contributed by atoms with Gasteiger partial charge in [0.2, 0.25) is 5.88 Å². The van der Waals surface area contributed by atoms with Crippen molar-refractivity contribution in [2.45, 2.75) is 24.9 Å². The second kappa shape index (κ2) is 5.76. The molecule has 2 N–H and O–H groups in total. The molecule has 2 heterocycles. The molecule has 1 unspecified atom stereocenters. The van der Waals surface area contributed by atoms with E-state index in [9.17, 15) is 30.4 Å². The lowest BCUT2D eigenvalue weighted by molar-refractivity contribution is -0.141. The molecule has 1 spiro atoms. The second-order valence-corrected chi connectivity index (χ2v) is 8.12. The molecule has 1 saturated carbocycles. The number of nitrogens with zero attached hydrogens (tertiary/aromatic N) is 3. The molecule has 0 amide bonds. The van der Waals surface area contributed by atoms with Crippen molar-refractivity contribution in [3.05, 3.63) is 11.8 Å². The Morgan fingerprint density at radius 1 is 1.35 bits per heavy atom. The number of alkyl halides is 5. The van der Waals surface area contributed by atoms with Crippen molar-refractivity contribution in [2.75, 3.05) is 19.7 Å². The van der Waals surface area contributed by atoms with Crippen LogP contribution in [-0.4, -0.2) is 48.1 Å². The molecule has 1 atom stereocenters. The Morgan fingerprint density at radius 3 is 2.38 bits per heavy atom. The molecule has 2 aliphatic rings. The van der Waals surface area contributed by atoms with E-state index in [0.29, 0.717) is 6.07 Å². The van der Waals surface area contributed by atoms with E-state index in [1.165, 1.54) is 7.05 Å². The zero-order chi connectivity index (χ0) is 19.5. The van der Waals surface area contributed by atoms with Crippen molar-refractivity contribution in [1.29, 1.82) is 0 Å². The van der Waals surface area contributed by atoms with Crippen LogP contribution in [0.15, 0.2) is 6.07 Å². The molecule has 148 valence electrons. The Kier molecular flexibility index (Phi) is 4.28. The highest BCUT2D eigenvalue weighted by atomic mass is 32.2. The van der Waals surface area contributed by atoms with Crippen molar-refractivity contribution in [2.24, 2.45) is 23.5 Å². The molecule has 0 bridgehead atoms. The van der Waals surface area contributed by atoms with Crippen LogP contribution < -0.4 is 9.88 Å². The van der Waals surface area contributed by atoms with Crippen molar-refractivity contribution < 1.29 is 35.1 Å². The van der Waals surface area contributed by atoms with Crippen LogP contribution in [0.2, 0.25) is 0 Å². The van der Waals surface area contributed by atoms with Crippen LogP contribution in [0, 0.1) is 11.3 Å². The molecule has 2 fully saturated rings. The summed E-state index contributed by atoms with van der Waals surface area (Å²) in [5.41, 5.74) is -2.59. The summed E-state index contributed by atoms with van der Waals surface area (Å²) < 4.78 is 95.9. The first-order valence-corrected chi connectivity index (χ1v) is 9.19. The fraction of sp³-hybridized carbons (Fsp3) is 0.769. The smallest absolute Gasteiger partial charge is 0.435 e. The van der Waals surface area contributed by atoms with Gasteiger partial charge in [0.25, 0.3) is 16.1 Å². The van der Waals surface area contributed by atoms with Gasteiger partial charge in [-0.3, -0.25) is 0 Å². The van der Waals surface area contributed by atoms with Crippen molar-refractivity contribution >= 4 is 10.2 Å². The number of hydrogen-bond donors (Lipinski definition) is 1. The summed E-state index contributed by atoms with van der Waals surface area (Å²) in [6.45, 7) is -0.747. The molecular weight excluding hydrogens is 387 g/mol. The predicted octanol–water partition coefficient (Wildman–Crippen LogP) is 1.37. The van der Waals surface area contributed by atoms with Gasteiger partial charge >= 0.3 is 6.18 Å². The SMILES string of the molecule is Cn1nc(C(F)(F)F)cc1OCC1C(F)(F)C12CCN(S(N)(=O)=O)CC2. The highest BCUT2D eigenvalue weighted by Gasteiger charge is 2.80. The Morgan fingerprint density at radius 2 is 1.92 bits per heavy atom. The van der Waals surface area contributed by atoms with Gasteiger partial charge in [-0.2, -0.15) is 31.0 Å². The van der Waals surface area contributed by atoms with Crippen molar-refractivity contribution in [3.8, 4) is 5.88 Å². The first-order chi connectivity index (χ1) is 11.8. The molecule has 1 aromatic rings. The molecule has 1 saturated heterocycles. The highest BCUT2D eigenvalue weighted by Crippen LogP contribution is 2.70. The molecule has 13 heteroatoms. The molecule has 0 aromatic carbocycles. The van der Waals surface area contributed by atoms with E-state index in [1.807, 2.05) is 0 Å². The van der Waals surface area contributed by atoms with Gasteiger partial charge in [-0.15, -0.1) is 0 Å². The minimum atomic E-state index is -4.66. The van der Waals surface area contributed by atoms with E-state index in [2.05, 4.69) is 5.10 Å². The average Bonchev–Trinajstić information content (AvgIpc) is 2.79. The Bertz CT molecular complexity index is 799. The van der Waals surface area contributed by atoms with Crippen LogP contribution >= 0.6 is 0 Å². The lowest BCUT2D eigenvalue weighted by Gasteiger charge is -2.30. The van der Waals surface area contributed by atoms with E-state index in [1.54, 1.807) is 0 Å². The number of aryl methyl sites for hydroxylation is 1. The largest absolute Gasteiger partial charge is 0.477 e. The lowest BCUT2D eigenvalue weighted by atomic mass is 9.91. The number of rotatable bonds is 4. The third kappa shape index (κ3) is 3.05. The molecule has 0 radical (unpaired) electrons. The normalized spacial score (nSPS) is 25.4. The minimum absolute atomic E-state index is 0.0936. The lowest BCUT2D eigenvalue weighted by Crippen LogP contribution is -2.44. The van der Waals surface area contributed by atoms with Gasteiger partial charge in [-0.25, -0.2) is 18.6 Å². The number of halogens is 5. The third-order valence-corrected chi connectivity index (χ3v) is 6.27. The molecule has 1 aromatic heterocycles. The molecule has 26 heavy (non-hydrogen) atoms. The molecular formula is C13H17F5N4O3S. The number of aromatic nitrogens is 2. The van der Waals surface area contributed by atoms with E-state index in [4.69, 9.17) is 9.88 Å². The topological polar surface area (TPSA) is 90.4 Å². The fourth-order valence-corrected chi connectivity index (χ4v) is 4.26. The summed E-state index contributed by atoms with van der Waals surface area (Å²) in [6, 6.07) is 0.650. The maximum atomic E-state index is 14.3. The highest BCUT2D eigenvalue weighted by molar-refractivity contribution is 7.86. The van der Waals surface area contributed by atoms with Gasteiger partial charge in [0, 0.05) is 31.6 Å². The second-order valence-electron chi connectivity index (χ2n) is 6.58. The van der Waals surface area contributed by atoms with E-state index >= 15 is 0 Å². The monoisotopic (exact) mass is 404 g/mol. The Balaban J connectivity index is 1.66. The summed E-state index contributed by atoms with van der Waals surface area (Å²) in [6.07, 6.45) is -4.85. The molecule has 3 rings (SSSR count). The van der Waals surface area contributed by atoms with Crippen molar-refractivity contribution in [1.82, 2.24) is 14.1 Å². The maximum absolute atomic E-state index is 14.3. The van der Waals surface area contributed by atoms with Gasteiger partial charge < -0.3 is 4.74 Å². The van der Waals surface area contributed by atoms with Crippen LogP contribution in [-0.2, 0) is 23.4 Å². The van der Waals surface area contributed by atoms with Gasteiger partial charge in [-0.1, -0.05) is 0 Å². The molecule has 1 aliphatic heterocycles. The van der Waals surface area contributed by atoms with E-state index in [-0.39, 0.29) is 31.8 Å². The number of ether oxygens (including phenoxy) is 1. The van der Waals surface area contributed by atoms with E-state index in [0.717, 1.165) is 8.99 Å². The Labute approximate surface area is 146 Å². The number of piperidine rings is 1. The predicted molar refractivity (Wildman–Crippen MR) is 78.5 cm³/mol. The Hall–Kier alpha value is -1.47. The number of nitrogens with two attached hydrogens (primary N) is 1. The van der Waals surface area contributed by atoms with Gasteiger partial charge in [0.05, 0.1) is 12.5 Å². The standard InChI is InChI=1S/C13H17F5N4O3S/c1-21-10(6-9(20-21)13(16,17)18)25-7-8-11(12(8,14)15)2-4-22(5-3-11)26(19,23)24/h6,8H,2-5,7H2,1H3,(H2,19,23,24). The van der Waals surface area contributed by atoms with Crippen LogP contribution in [0.5, 0.6) is 5.88 Å². The average molecular weight is 404 g/mol. The zero-order valence-corrected chi connectivity index (χ0v) is 14.4. The first-order valence-electron chi connectivity index (χ1n) is 7.69. The summed E-state index contributed by atoms with van der Waals surface area (Å²) in [5, 5.41) is 8.24. The summed E-state index contributed by atoms with van der Waals surface area (Å²) in [5.74, 6) is -4.55. The van der Waals surface area contributed by atoms with Crippen LogP contribution in [0.1, 0.15) is 18.5 Å². The minimum Gasteiger partial charge on any atom is -0.477 e. The van der Waals surface area contributed by atoms with E-state index < -0.39 is 45.9 Å². The van der Waals surface area contributed by atoms with Crippen LogP contribution in [0.25, 0.3) is 0 Å². The third-order valence-electron chi connectivity index (χ3n) is 5.18. The zero-order valence-electron chi connectivity index (χ0n) is 13.6. The summed E-state index contributed by atoms with van der Waals surface area (Å²) in [4.78, 5) is 0. The fourth-order valence-electron chi connectivity index (χ4n) is 3.57. The first kappa shape index (κ1) is 19.3. The molecule has 7 nitrogen and oxygen atoms in total. The van der Waals surface area contributed by atoms with Crippen LogP contribution in [0.4, 0.5) is 22.0 Å². The summed E-state index contributed by atoms with van der Waals surface area (Å²) >= 11 is 0. The summed E-state index contributed by atoms with van der Waals surface area (Å²) in [7, 11) is -2.72. The number of hydrogen-bond acceptors (Lipinski definition) is 4. The quantitative estimate of drug-likeness (QED) is 0.768. The van der Waals surface area contributed by atoms with Crippen LogP contribution in [0.3, 0.4) is 0 Å². The van der Waals surface area contributed by atoms with Gasteiger partial charge in [-0.05, 0) is 12.8 Å². The maximum Gasteiger partial charge on any atom is 0.435 e. The molecule has 1 aliphatic carbocycles. The van der Waals surface area contributed by atoms with Gasteiger partial charge in [0.15, 0.2) is 5.69 Å². The van der Waals surface area contributed by atoms with Gasteiger partial charge in [0.1, 0.15) is 0 Å². The van der Waals surface area contributed by atoms with Crippen molar-refractivity contribution in [3.63, 3.8) is 0 Å².